The van der Waals surface area contributed by atoms with E-state index in [1.165, 1.54) is 6.26 Å². The Bertz CT molecular complexity index is 279. The van der Waals surface area contributed by atoms with Crippen molar-refractivity contribution in [2.45, 2.75) is 5.75 Å². The van der Waals surface area contributed by atoms with Crippen LogP contribution in [0.25, 0.3) is 0 Å². The number of aromatic hydroxyl groups is 1. The molecule has 1 aromatic heterocycles. The Hall–Kier alpha value is -0.900. The highest BCUT2D eigenvalue weighted by Crippen LogP contribution is 2.03. The third-order valence-electron chi connectivity index (χ3n) is 1.08. The summed E-state index contributed by atoms with van der Waals surface area (Å²) in [6.45, 7) is 0. The molecule has 0 aliphatic carbocycles. The van der Waals surface area contributed by atoms with Crippen LogP contribution in [0.4, 0.5) is 0 Å². The highest BCUT2D eigenvalue weighted by atomic mass is 32.1. The molecule has 0 radical (unpaired) electrons. The fourth-order valence-electron chi connectivity index (χ4n) is 0.561. The third-order valence-corrected chi connectivity index (χ3v) is 1.43. The summed E-state index contributed by atoms with van der Waals surface area (Å²) in [6.07, 6.45) is 2.27. The van der Waals surface area contributed by atoms with Crippen LogP contribution in [-0.4, -0.2) is 5.11 Å². The standard InChI is InChI=1S/C6H6O3S/c7-5-2-9-1-4(3-10)6(5)8/h1-2,7,10H,3H2. The van der Waals surface area contributed by atoms with Crippen LogP contribution in [0.2, 0.25) is 0 Å². The van der Waals surface area contributed by atoms with Crippen molar-refractivity contribution >= 4 is 12.6 Å². The van der Waals surface area contributed by atoms with Crippen molar-refractivity contribution in [3.8, 4) is 5.75 Å². The first-order valence-corrected chi connectivity index (χ1v) is 3.28. The first kappa shape index (κ1) is 7.21. The van der Waals surface area contributed by atoms with Gasteiger partial charge in [-0.1, -0.05) is 0 Å². The maximum absolute atomic E-state index is 10.8. The molecular weight excluding hydrogens is 152 g/mol. The van der Waals surface area contributed by atoms with Gasteiger partial charge in [0, 0.05) is 11.3 Å². The van der Waals surface area contributed by atoms with Crippen LogP contribution in [0.1, 0.15) is 5.56 Å². The van der Waals surface area contributed by atoms with Crippen LogP contribution in [-0.2, 0) is 5.75 Å². The van der Waals surface area contributed by atoms with E-state index in [1.54, 1.807) is 0 Å². The summed E-state index contributed by atoms with van der Waals surface area (Å²) in [7, 11) is 0. The minimum absolute atomic E-state index is 0.275. The monoisotopic (exact) mass is 158 g/mol. The highest BCUT2D eigenvalue weighted by molar-refractivity contribution is 7.79. The Balaban J connectivity index is 3.28. The second kappa shape index (κ2) is 2.79. The van der Waals surface area contributed by atoms with Gasteiger partial charge in [-0.05, 0) is 0 Å². The lowest BCUT2D eigenvalue weighted by molar-refractivity contribution is 0.427. The average Bonchev–Trinajstić information content (AvgIpc) is 1.95. The van der Waals surface area contributed by atoms with Crippen molar-refractivity contribution in [1.29, 1.82) is 0 Å². The van der Waals surface area contributed by atoms with Gasteiger partial charge in [0.15, 0.2) is 5.75 Å². The van der Waals surface area contributed by atoms with E-state index in [1.807, 2.05) is 0 Å². The molecule has 10 heavy (non-hydrogen) atoms. The molecule has 0 aliphatic heterocycles. The molecule has 0 spiro atoms. The van der Waals surface area contributed by atoms with Crippen LogP contribution < -0.4 is 5.43 Å². The number of rotatable bonds is 1. The molecule has 0 aliphatic rings. The molecule has 1 rings (SSSR count). The normalized spacial score (nSPS) is 9.70. The average molecular weight is 158 g/mol. The van der Waals surface area contributed by atoms with E-state index in [0.29, 0.717) is 5.56 Å². The molecule has 4 heteroatoms. The highest BCUT2D eigenvalue weighted by Gasteiger charge is 2.01. The molecule has 0 atom stereocenters. The zero-order valence-electron chi connectivity index (χ0n) is 5.07. The van der Waals surface area contributed by atoms with Gasteiger partial charge in [0.05, 0.1) is 6.26 Å². The summed E-state index contributed by atoms with van der Waals surface area (Å²) in [5, 5.41) is 8.79. The molecule has 1 heterocycles. The van der Waals surface area contributed by atoms with Gasteiger partial charge in [0.1, 0.15) is 6.26 Å². The molecule has 0 saturated heterocycles. The number of thiol groups is 1. The Morgan fingerprint density at radius 3 is 2.80 bits per heavy atom. The van der Waals surface area contributed by atoms with E-state index >= 15 is 0 Å². The minimum Gasteiger partial charge on any atom is -0.502 e. The number of hydrogen-bond acceptors (Lipinski definition) is 4. The molecule has 0 saturated carbocycles. The second-order valence-electron chi connectivity index (χ2n) is 1.77. The van der Waals surface area contributed by atoms with Gasteiger partial charge in [-0.15, -0.1) is 0 Å². The third kappa shape index (κ3) is 1.16. The maximum atomic E-state index is 10.8. The van der Waals surface area contributed by atoms with E-state index in [2.05, 4.69) is 17.0 Å². The Labute approximate surface area is 62.7 Å². The van der Waals surface area contributed by atoms with E-state index in [-0.39, 0.29) is 11.5 Å². The molecule has 1 N–H and O–H groups in total. The zero-order chi connectivity index (χ0) is 7.56. The lowest BCUT2D eigenvalue weighted by atomic mass is 10.3. The first-order chi connectivity index (χ1) is 4.75. The van der Waals surface area contributed by atoms with Gasteiger partial charge in [-0.3, -0.25) is 4.79 Å². The Morgan fingerprint density at radius 2 is 2.30 bits per heavy atom. The summed E-state index contributed by atoms with van der Waals surface area (Å²) >= 11 is 3.86. The molecule has 0 unspecified atom stereocenters. The molecule has 0 amide bonds. The van der Waals surface area contributed by atoms with E-state index in [4.69, 9.17) is 5.11 Å². The molecule has 0 bridgehead atoms. The zero-order valence-corrected chi connectivity index (χ0v) is 5.97. The van der Waals surface area contributed by atoms with Gasteiger partial charge < -0.3 is 9.52 Å². The summed E-state index contributed by atoms with van der Waals surface area (Å²) in [5.74, 6) is -0.0944. The summed E-state index contributed by atoms with van der Waals surface area (Å²) in [5.41, 5.74) is -0.0513. The number of hydrogen-bond donors (Lipinski definition) is 2. The fourth-order valence-corrected chi connectivity index (χ4v) is 0.779. The first-order valence-electron chi connectivity index (χ1n) is 2.65. The summed E-state index contributed by atoms with van der Waals surface area (Å²) in [6, 6.07) is 0. The lowest BCUT2D eigenvalue weighted by Crippen LogP contribution is -2.04. The minimum atomic E-state index is -0.416. The molecule has 1 aromatic rings. The van der Waals surface area contributed by atoms with Crippen molar-refractivity contribution in [2.24, 2.45) is 0 Å². The van der Waals surface area contributed by atoms with E-state index in [0.717, 1.165) is 6.26 Å². The van der Waals surface area contributed by atoms with Gasteiger partial charge in [0.2, 0.25) is 5.43 Å². The Kier molecular flexibility index (Phi) is 2.01. The second-order valence-corrected chi connectivity index (χ2v) is 2.09. The fraction of sp³-hybridized carbons (Fsp3) is 0.167. The van der Waals surface area contributed by atoms with Gasteiger partial charge >= 0.3 is 0 Å². The maximum Gasteiger partial charge on any atom is 0.230 e. The van der Waals surface area contributed by atoms with Crippen molar-refractivity contribution in [3.63, 3.8) is 0 Å². The lowest BCUT2D eigenvalue weighted by Gasteiger charge is -1.92. The topological polar surface area (TPSA) is 50.4 Å². The largest absolute Gasteiger partial charge is 0.502 e. The summed E-state index contributed by atoms with van der Waals surface area (Å²) < 4.78 is 4.61. The van der Waals surface area contributed by atoms with Crippen LogP contribution >= 0.6 is 12.6 Å². The van der Waals surface area contributed by atoms with Crippen LogP contribution in [0.3, 0.4) is 0 Å². The van der Waals surface area contributed by atoms with Crippen molar-refractivity contribution in [1.82, 2.24) is 0 Å². The smallest absolute Gasteiger partial charge is 0.230 e. The van der Waals surface area contributed by atoms with E-state index < -0.39 is 5.43 Å². The van der Waals surface area contributed by atoms with Gasteiger partial charge in [0.25, 0.3) is 0 Å². The van der Waals surface area contributed by atoms with Gasteiger partial charge in [-0.2, -0.15) is 12.6 Å². The molecule has 0 aromatic carbocycles. The molecular formula is C6H6O3S. The van der Waals surface area contributed by atoms with Crippen molar-refractivity contribution in [2.75, 3.05) is 0 Å². The SMILES string of the molecule is O=c1c(O)cocc1CS. The molecule has 54 valence electrons. The Morgan fingerprint density at radius 1 is 1.60 bits per heavy atom. The molecule has 3 nitrogen and oxygen atoms in total. The predicted octanol–water partition coefficient (Wildman–Crippen LogP) is 0.775. The van der Waals surface area contributed by atoms with Crippen LogP contribution in [0.5, 0.6) is 5.75 Å². The molecule has 0 fully saturated rings. The van der Waals surface area contributed by atoms with E-state index in [9.17, 15) is 4.79 Å². The van der Waals surface area contributed by atoms with Crippen molar-refractivity contribution in [3.05, 3.63) is 28.3 Å². The summed E-state index contributed by atoms with van der Waals surface area (Å²) in [4.78, 5) is 10.8. The van der Waals surface area contributed by atoms with Gasteiger partial charge in [-0.25, -0.2) is 0 Å². The predicted molar refractivity (Wildman–Crippen MR) is 39.3 cm³/mol. The van der Waals surface area contributed by atoms with Crippen LogP contribution in [0, 0.1) is 0 Å². The van der Waals surface area contributed by atoms with Crippen molar-refractivity contribution < 1.29 is 9.52 Å². The quantitative estimate of drug-likeness (QED) is 0.594. The van der Waals surface area contributed by atoms with Crippen LogP contribution in [0.15, 0.2) is 21.7 Å².